The van der Waals surface area contributed by atoms with Crippen molar-refractivity contribution < 1.29 is 19.1 Å². The first-order chi connectivity index (χ1) is 13.8. The Morgan fingerprint density at radius 2 is 1.90 bits per heavy atom. The molecule has 0 atom stereocenters. The van der Waals surface area contributed by atoms with E-state index >= 15 is 0 Å². The molecule has 3 aromatic rings. The van der Waals surface area contributed by atoms with Crippen LogP contribution < -0.4 is 4.74 Å². The first-order valence-electron chi connectivity index (χ1n) is 9.74. The Kier molecular flexibility index (Phi) is 4.68. The summed E-state index contributed by atoms with van der Waals surface area (Å²) in [6, 6.07) is 5.87. The highest BCUT2D eigenvalue weighted by molar-refractivity contribution is 6.06. The lowest BCUT2D eigenvalue weighted by Gasteiger charge is -2.07. The second-order valence-corrected chi connectivity index (χ2v) is 7.66. The van der Waals surface area contributed by atoms with Gasteiger partial charge < -0.3 is 14.0 Å². The summed E-state index contributed by atoms with van der Waals surface area (Å²) in [6.07, 6.45) is 2.35. The number of methoxy groups -OCH3 is 1. The highest BCUT2D eigenvalue weighted by atomic mass is 16.5. The van der Waals surface area contributed by atoms with Crippen molar-refractivity contribution in [2.75, 3.05) is 7.11 Å². The number of ether oxygens (including phenoxy) is 2. The zero-order chi connectivity index (χ0) is 20.9. The molecule has 7 heteroatoms. The van der Waals surface area contributed by atoms with Crippen molar-refractivity contribution in [2.45, 2.75) is 46.1 Å². The maximum Gasteiger partial charge on any atom is 0.340 e. The van der Waals surface area contributed by atoms with Gasteiger partial charge in [-0.05, 0) is 51.8 Å². The van der Waals surface area contributed by atoms with Crippen LogP contribution in [-0.4, -0.2) is 33.4 Å². The monoisotopic (exact) mass is 395 g/mol. The Balaban J connectivity index is 1.66. The number of aromatic nitrogens is 3. The highest BCUT2D eigenvalue weighted by Gasteiger charge is 2.30. The molecule has 0 bridgehead atoms. The van der Waals surface area contributed by atoms with E-state index in [-0.39, 0.29) is 18.4 Å². The largest absolute Gasteiger partial charge is 0.465 e. The normalized spacial score (nSPS) is 13.7. The zero-order valence-electron chi connectivity index (χ0n) is 17.4. The molecule has 0 amide bonds. The fourth-order valence-corrected chi connectivity index (χ4v) is 4.03. The number of benzene rings is 1. The summed E-state index contributed by atoms with van der Waals surface area (Å²) in [5.74, 6) is -0.321. The number of carbonyl (C=O) groups is 2. The molecule has 1 aliphatic rings. The van der Waals surface area contributed by atoms with Crippen LogP contribution in [-0.2, 0) is 23.0 Å². The van der Waals surface area contributed by atoms with Gasteiger partial charge in [0.2, 0.25) is 0 Å². The minimum Gasteiger partial charge on any atom is -0.465 e. The van der Waals surface area contributed by atoms with E-state index < -0.39 is 0 Å². The molecule has 29 heavy (non-hydrogen) atoms. The van der Waals surface area contributed by atoms with Crippen LogP contribution >= 0.6 is 0 Å². The van der Waals surface area contributed by atoms with Gasteiger partial charge in [-0.25, -0.2) is 4.79 Å². The van der Waals surface area contributed by atoms with Crippen molar-refractivity contribution in [1.29, 1.82) is 0 Å². The summed E-state index contributed by atoms with van der Waals surface area (Å²) in [4.78, 5) is 24.9. The lowest BCUT2D eigenvalue weighted by Crippen LogP contribution is -2.12. The molecule has 0 spiro atoms. The number of carbonyl (C=O) groups excluding carboxylic acids is 2. The quantitative estimate of drug-likeness (QED) is 0.488. The molecule has 1 aliphatic carbocycles. The molecular formula is C22H25N3O4. The molecule has 1 saturated carbocycles. The summed E-state index contributed by atoms with van der Waals surface area (Å²) in [7, 11) is 3.23. The first kappa shape index (κ1) is 19.2. The molecular weight excluding hydrogens is 370 g/mol. The van der Waals surface area contributed by atoms with Gasteiger partial charge in [-0.2, -0.15) is 5.10 Å². The van der Waals surface area contributed by atoms with Gasteiger partial charge >= 0.3 is 11.9 Å². The number of rotatable bonds is 5. The third-order valence-electron chi connectivity index (χ3n) is 5.73. The summed E-state index contributed by atoms with van der Waals surface area (Å²) in [5, 5.41) is 5.09. The average Bonchev–Trinajstić information content (AvgIpc) is 3.43. The van der Waals surface area contributed by atoms with Crippen LogP contribution in [0.15, 0.2) is 18.2 Å². The fraction of sp³-hybridized carbons (Fsp3) is 0.409. The Labute approximate surface area is 169 Å². The number of esters is 2. The van der Waals surface area contributed by atoms with Gasteiger partial charge in [0.1, 0.15) is 5.75 Å². The van der Waals surface area contributed by atoms with Crippen molar-refractivity contribution >= 4 is 22.8 Å². The molecule has 0 saturated heterocycles. The van der Waals surface area contributed by atoms with Crippen LogP contribution in [0.25, 0.3) is 10.9 Å². The first-order valence-corrected chi connectivity index (χ1v) is 9.74. The highest BCUT2D eigenvalue weighted by Crippen LogP contribution is 2.42. The zero-order valence-corrected chi connectivity index (χ0v) is 17.4. The standard InChI is InChI=1S/C22H25N3O4/c1-12-17(13(2)24(4)23-12)11-20(26)29-16-8-9-19-18(10-16)21(22(27)28-5)14(3)25(19)15-6-7-15/h8-10,15H,6-7,11H2,1-5H3. The van der Waals surface area contributed by atoms with E-state index in [0.29, 0.717) is 17.4 Å². The second kappa shape index (κ2) is 7.06. The Morgan fingerprint density at radius 1 is 1.17 bits per heavy atom. The van der Waals surface area contributed by atoms with Gasteiger partial charge in [0.15, 0.2) is 0 Å². The van der Waals surface area contributed by atoms with Gasteiger partial charge in [0.25, 0.3) is 0 Å². The minimum absolute atomic E-state index is 0.148. The molecule has 1 fully saturated rings. The number of nitrogens with zero attached hydrogens (tertiary/aromatic N) is 3. The van der Waals surface area contributed by atoms with Gasteiger partial charge in [-0.3, -0.25) is 9.48 Å². The van der Waals surface area contributed by atoms with E-state index in [9.17, 15) is 9.59 Å². The van der Waals surface area contributed by atoms with Crippen LogP contribution in [0, 0.1) is 20.8 Å². The maximum absolute atomic E-state index is 12.5. The number of hydrogen-bond acceptors (Lipinski definition) is 5. The molecule has 0 aliphatic heterocycles. The lowest BCUT2D eigenvalue weighted by molar-refractivity contribution is -0.133. The second-order valence-electron chi connectivity index (χ2n) is 7.66. The Morgan fingerprint density at radius 3 is 2.48 bits per heavy atom. The van der Waals surface area contributed by atoms with Gasteiger partial charge in [0, 0.05) is 40.9 Å². The van der Waals surface area contributed by atoms with Gasteiger partial charge in [-0.15, -0.1) is 0 Å². The maximum atomic E-state index is 12.5. The van der Waals surface area contributed by atoms with E-state index in [0.717, 1.165) is 46.4 Å². The molecule has 2 heterocycles. The van der Waals surface area contributed by atoms with Crippen LogP contribution in [0.2, 0.25) is 0 Å². The van der Waals surface area contributed by atoms with E-state index in [1.807, 2.05) is 33.9 Å². The van der Waals surface area contributed by atoms with Gasteiger partial charge in [0.05, 0.1) is 24.8 Å². The van der Waals surface area contributed by atoms with Crippen molar-refractivity contribution in [3.63, 3.8) is 0 Å². The third-order valence-corrected chi connectivity index (χ3v) is 5.73. The van der Waals surface area contributed by atoms with Crippen LogP contribution in [0.4, 0.5) is 0 Å². The van der Waals surface area contributed by atoms with Gasteiger partial charge in [-0.1, -0.05) is 0 Å². The van der Waals surface area contributed by atoms with E-state index in [1.54, 1.807) is 16.8 Å². The average molecular weight is 395 g/mol. The van der Waals surface area contributed by atoms with Crippen LogP contribution in [0.5, 0.6) is 5.75 Å². The summed E-state index contributed by atoms with van der Waals surface area (Å²) < 4.78 is 14.5. The fourth-order valence-electron chi connectivity index (χ4n) is 4.03. The Bertz CT molecular complexity index is 1140. The molecule has 2 aromatic heterocycles. The van der Waals surface area contributed by atoms with Crippen molar-refractivity contribution in [3.05, 3.63) is 46.4 Å². The molecule has 0 N–H and O–H groups in total. The van der Waals surface area contributed by atoms with Crippen LogP contribution in [0.1, 0.15) is 51.9 Å². The number of fused-ring (bicyclic) bond motifs is 1. The predicted octanol–water partition coefficient (Wildman–Crippen LogP) is 3.57. The predicted molar refractivity (Wildman–Crippen MR) is 108 cm³/mol. The summed E-state index contributed by atoms with van der Waals surface area (Å²) in [6.45, 7) is 5.75. The van der Waals surface area contributed by atoms with E-state index in [1.165, 1.54) is 7.11 Å². The van der Waals surface area contributed by atoms with Crippen LogP contribution in [0.3, 0.4) is 0 Å². The molecule has 7 nitrogen and oxygen atoms in total. The minimum atomic E-state index is -0.378. The Hall–Kier alpha value is -3.09. The van der Waals surface area contributed by atoms with Crippen molar-refractivity contribution in [3.8, 4) is 5.75 Å². The number of aryl methyl sites for hydroxylation is 2. The SMILES string of the molecule is COC(=O)c1c(C)n(C2CC2)c2ccc(OC(=O)Cc3c(C)nn(C)c3C)cc12. The van der Waals surface area contributed by atoms with E-state index in [4.69, 9.17) is 9.47 Å². The van der Waals surface area contributed by atoms with Crippen molar-refractivity contribution in [2.24, 2.45) is 7.05 Å². The molecule has 1 aromatic carbocycles. The molecule has 0 unspecified atom stereocenters. The van der Waals surface area contributed by atoms with E-state index in [2.05, 4.69) is 9.67 Å². The molecule has 152 valence electrons. The number of hydrogen-bond donors (Lipinski definition) is 0. The van der Waals surface area contributed by atoms with Crippen molar-refractivity contribution in [1.82, 2.24) is 14.3 Å². The molecule has 0 radical (unpaired) electrons. The molecule has 4 rings (SSSR count). The topological polar surface area (TPSA) is 75.3 Å². The summed E-state index contributed by atoms with van der Waals surface area (Å²) >= 11 is 0. The lowest BCUT2D eigenvalue weighted by atomic mass is 10.1. The smallest absolute Gasteiger partial charge is 0.340 e. The third kappa shape index (κ3) is 3.30. The summed E-state index contributed by atoms with van der Waals surface area (Å²) in [5.41, 5.74) is 5.03.